The SMILES string of the molecule is N#Cc1cnc(C(F)F)c(Br)c1CBr. The molecule has 0 radical (unpaired) electrons. The van der Waals surface area contributed by atoms with Crippen molar-refractivity contribution in [3.05, 3.63) is 27.5 Å². The summed E-state index contributed by atoms with van der Waals surface area (Å²) in [5.74, 6) is 0. The van der Waals surface area contributed by atoms with Gasteiger partial charge >= 0.3 is 0 Å². The van der Waals surface area contributed by atoms with Crippen molar-refractivity contribution in [2.75, 3.05) is 0 Å². The summed E-state index contributed by atoms with van der Waals surface area (Å²) in [6.45, 7) is 0. The van der Waals surface area contributed by atoms with E-state index in [0.717, 1.165) is 6.20 Å². The van der Waals surface area contributed by atoms with E-state index in [0.29, 0.717) is 10.9 Å². The number of nitrogens with zero attached hydrogens (tertiary/aromatic N) is 2. The highest BCUT2D eigenvalue weighted by atomic mass is 79.9. The van der Waals surface area contributed by atoms with E-state index in [9.17, 15) is 8.78 Å². The van der Waals surface area contributed by atoms with Crippen molar-refractivity contribution in [1.82, 2.24) is 4.98 Å². The zero-order chi connectivity index (χ0) is 10.7. The molecule has 1 heterocycles. The number of rotatable bonds is 2. The van der Waals surface area contributed by atoms with Crippen LogP contribution in [0.3, 0.4) is 0 Å². The van der Waals surface area contributed by atoms with Gasteiger partial charge in [0.05, 0.1) is 10.0 Å². The molecule has 2 nitrogen and oxygen atoms in total. The fraction of sp³-hybridized carbons (Fsp3) is 0.250. The van der Waals surface area contributed by atoms with E-state index in [1.165, 1.54) is 0 Å². The first kappa shape index (κ1) is 11.5. The first-order valence-corrected chi connectivity index (χ1v) is 5.44. The van der Waals surface area contributed by atoms with Crippen LogP contribution in [0.5, 0.6) is 0 Å². The van der Waals surface area contributed by atoms with Crippen LogP contribution in [-0.4, -0.2) is 4.98 Å². The van der Waals surface area contributed by atoms with Gasteiger partial charge in [0.25, 0.3) is 6.43 Å². The van der Waals surface area contributed by atoms with Crippen molar-refractivity contribution in [3.63, 3.8) is 0 Å². The summed E-state index contributed by atoms with van der Waals surface area (Å²) in [4.78, 5) is 3.52. The molecule has 0 amide bonds. The Morgan fingerprint density at radius 3 is 2.64 bits per heavy atom. The Bertz CT molecular complexity index is 388. The van der Waals surface area contributed by atoms with Gasteiger partial charge in [-0.2, -0.15) is 5.26 Å². The number of halogens is 4. The van der Waals surface area contributed by atoms with Gasteiger partial charge < -0.3 is 0 Å². The van der Waals surface area contributed by atoms with Gasteiger partial charge in [0.2, 0.25) is 0 Å². The molecule has 1 aromatic rings. The third-order valence-electron chi connectivity index (χ3n) is 1.61. The van der Waals surface area contributed by atoms with Crippen LogP contribution in [0.15, 0.2) is 10.7 Å². The number of alkyl halides is 3. The summed E-state index contributed by atoms with van der Waals surface area (Å²) in [5.41, 5.74) is 0.453. The summed E-state index contributed by atoms with van der Waals surface area (Å²) in [6.07, 6.45) is -1.49. The topological polar surface area (TPSA) is 36.7 Å². The lowest BCUT2D eigenvalue weighted by Gasteiger charge is -2.07. The van der Waals surface area contributed by atoms with Crippen molar-refractivity contribution in [2.45, 2.75) is 11.8 Å². The standard InChI is InChI=1S/C8H4Br2F2N2/c9-1-5-4(2-13)3-14-7(6(5)10)8(11)12/h3,8H,1H2. The molecule has 0 unspecified atom stereocenters. The normalized spacial score (nSPS) is 10.3. The molecule has 0 saturated heterocycles. The lowest BCUT2D eigenvalue weighted by molar-refractivity contribution is 0.145. The van der Waals surface area contributed by atoms with Crippen LogP contribution in [0.25, 0.3) is 0 Å². The van der Waals surface area contributed by atoms with E-state index in [1.54, 1.807) is 0 Å². The van der Waals surface area contributed by atoms with Gasteiger partial charge in [-0.15, -0.1) is 0 Å². The van der Waals surface area contributed by atoms with Crippen molar-refractivity contribution in [3.8, 4) is 6.07 Å². The molecule has 0 spiro atoms. The lowest BCUT2D eigenvalue weighted by Crippen LogP contribution is -1.98. The number of hydrogen-bond acceptors (Lipinski definition) is 2. The van der Waals surface area contributed by atoms with Crippen molar-refractivity contribution in [2.24, 2.45) is 0 Å². The molecule has 0 bridgehead atoms. The Labute approximate surface area is 96.2 Å². The van der Waals surface area contributed by atoms with Crippen LogP contribution in [0.1, 0.15) is 23.2 Å². The molecule has 0 atom stereocenters. The lowest BCUT2D eigenvalue weighted by atomic mass is 10.1. The van der Waals surface area contributed by atoms with E-state index in [2.05, 4.69) is 36.8 Å². The van der Waals surface area contributed by atoms with Crippen LogP contribution < -0.4 is 0 Å². The van der Waals surface area contributed by atoms with E-state index in [4.69, 9.17) is 5.26 Å². The molecule has 0 saturated carbocycles. The molecule has 0 aliphatic carbocycles. The Morgan fingerprint density at radius 2 is 2.21 bits per heavy atom. The molecule has 0 aliphatic rings. The molecule has 74 valence electrons. The monoisotopic (exact) mass is 324 g/mol. The van der Waals surface area contributed by atoms with Gasteiger partial charge in [0, 0.05) is 11.5 Å². The number of pyridine rings is 1. The van der Waals surface area contributed by atoms with Crippen LogP contribution in [0, 0.1) is 11.3 Å². The maximum atomic E-state index is 12.4. The first-order valence-electron chi connectivity index (χ1n) is 3.53. The van der Waals surface area contributed by atoms with Crippen molar-refractivity contribution >= 4 is 31.9 Å². The Balaban J connectivity index is 3.37. The largest absolute Gasteiger partial charge is 0.281 e. The molecule has 0 aromatic carbocycles. The van der Waals surface area contributed by atoms with Crippen molar-refractivity contribution < 1.29 is 8.78 Å². The second kappa shape index (κ2) is 4.80. The fourth-order valence-electron chi connectivity index (χ4n) is 0.921. The summed E-state index contributed by atoms with van der Waals surface area (Å²) in [5, 5.41) is 9.02. The third kappa shape index (κ3) is 2.10. The minimum atomic E-state index is -2.64. The van der Waals surface area contributed by atoms with Gasteiger partial charge in [-0.05, 0) is 21.5 Å². The molecule has 1 rings (SSSR count). The molecule has 0 aliphatic heterocycles. The summed E-state index contributed by atoms with van der Waals surface area (Å²) in [7, 11) is 0. The average molecular weight is 326 g/mol. The maximum absolute atomic E-state index is 12.4. The quantitative estimate of drug-likeness (QED) is 0.780. The van der Waals surface area contributed by atoms with E-state index >= 15 is 0 Å². The van der Waals surface area contributed by atoms with E-state index in [-0.39, 0.29) is 15.7 Å². The van der Waals surface area contributed by atoms with Crippen LogP contribution in [0.2, 0.25) is 0 Å². The fourth-order valence-corrected chi connectivity index (χ4v) is 2.51. The van der Waals surface area contributed by atoms with Crippen LogP contribution in [0.4, 0.5) is 8.78 Å². The molecule has 0 fully saturated rings. The predicted molar refractivity (Wildman–Crippen MR) is 54.2 cm³/mol. The van der Waals surface area contributed by atoms with Gasteiger partial charge in [0.1, 0.15) is 11.8 Å². The van der Waals surface area contributed by atoms with E-state index < -0.39 is 6.43 Å². The highest BCUT2D eigenvalue weighted by molar-refractivity contribution is 9.10. The summed E-state index contributed by atoms with van der Waals surface area (Å²) < 4.78 is 25.0. The summed E-state index contributed by atoms with van der Waals surface area (Å²) in [6, 6.07) is 1.89. The highest BCUT2D eigenvalue weighted by Crippen LogP contribution is 2.31. The van der Waals surface area contributed by atoms with Crippen LogP contribution in [-0.2, 0) is 5.33 Å². The Hall–Kier alpha value is -0.540. The molecular formula is C8H4Br2F2N2. The molecule has 14 heavy (non-hydrogen) atoms. The smallest absolute Gasteiger partial charge is 0.253 e. The van der Waals surface area contributed by atoms with Gasteiger partial charge in [0.15, 0.2) is 0 Å². The predicted octanol–water partition coefficient (Wildman–Crippen LogP) is 3.55. The maximum Gasteiger partial charge on any atom is 0.281 e. The number of nitriles is 1. The van der Waals surface area contributed by atoms with E-state index in [1.807, 2.05) is 6.07 Å². The zero-order valence-electron chi connectivity index (χ0n) is 6.77. The zero-order valence-corrected chi connectivity index (χ0v) is 9.94. The average Bonchev–Trinajstić information content (AvgIpc) is 2.16. The molecule has 1 aromatic heterocycles. The van der Waals surface area contributed by atoms with Crippen molar-refractivity contribution in [1.29, 1.82) is 5.26 Å². The second-order valence-corrected chi connectivity index (χ2v) is 3.75. The minimum absolute atomic E-state index is 0.198. The van der Waals surface area contributed by atoms with Crippen LogP contribution >= 0.6 is 31.9 Å². The summed E-state index contributed by atoms with van der Waals surface area (Å²) >= 11 is 6.14. The number of hydrogen-bond donors (Lipinski definition) is 0. The van der Waals surface area contributed by atoms with Gasteiger partial charge in [-0.3, -0.25) is 4.98 Å². The number of aromatic nitrogens is 1. The molecule has 0 N–H and O–H groups in total. The van der Waals surface area contributed by atoms with Gasteiger partial charge in [-0.1, -0.05) is 15.9 Å². The second-order valence-electron chi connectivity index (χ2n) is 2.40. The third-order valence-corrected chi connectivity index (χ3v) is 3.05. The Morgan fingerprint density at radius 1 is 1.57 bits per heavy atom. The first-order chi connectivity index (χ1) is 6.61. The molecule has 6 heteroatoms. The van der Waals surface area contributed by atoms with Gasteiger partial charge in [-0.25, -0.2) is 8.78 Å². The molecular weight excluding hydrogens is 322 g/mol. The Kier molecular flexibility index (Phi) is 3.96. The minimum Gasteiger partial charge on any atom is -0.253 e. The highest BCUT2D eigenvalue weighted by Gasteiger charge is 2.18.